The lowest BCUT2D eigenvalue weighted by molar-refractivity contribution is 0.0716. The Hall–Kier alpha value is -4.19. The van der Waals surface area contributed by atoms with Gasteiger partial charge >= 0.3 is 5.97 Å². The van der Waals surface area contributed by atoms with Gasteiger partial charge in [-0.15, -0.1) is 0 Å². The Morgan fingerprint density at radius 3 is 1.71 bits per heavy atom. The van der Waals surface area contributed by atoms with E-state index in [1.54, 1.807) is 12.1 Å². The minimum Gasteiger partial charge on any atom is -0.491 e. The molecule has 0 bridgehead atoms. The van der Waals surface area contributed by atoms with E-state index < -0.39 is 6.10 Å². The summed E-state index contributed by atoms with van der Waals surface area (Å²) in [7, 11) is 0. The van der Waals surface area contributed by atoms with Gasteiger partial charge in [0, 0.05) is 6.54 Å². The van der Waals surface area contributed by atoms with E-state index in [1.165, 1.54) is 5.57 Å². The molecule has 1 unspecified atom stereocenters. The van der Waals surface area contributed by atoms with Crippen LogP contribution in [0.25, 0.3) is 11.1 Å². The molecular formula is C36H39NO4. The Bertz CT molecular complexity index is 1390. The molecule has 0 saturated carbocycles. The second kappa shape index (κ2) is 15.0. The van der Waals surface area contributed by atoms with Crippen LogP contribution >= 0.6 is 0 Å². The molecule has 0 radical (unpaired) electrons. The molecule has 0 aliphatic rings. The van der Waals surface area contributed by atoms with Crippen molar-refractivity contribution in [2.75, 3.05) is 26.2 Å². The predicted molar refractivity (Wildman–Crippen MR) is 166 cm³/mol. The van der Waals surface area contributed by atoms with Gasteiger partial charge in [-0.3, -0.25) is 0 Å². The van der Waals surface area contributed by atoms with E-state index >= 15 is 0 Å². The molecule has 212 valence electrons. The number of carbonyl (C=O) groups is 1. The SMILES string of the molecule is CCC(=C(c1ccc(OCC(O)CN(CC)CC)cc1)c1ccc(OC(=O)c2ccccc2)cc1)c1ccccc1. The van der Waals surface area contributed by atoms with Gasteiger partial charge in [0.05, 0.1) is 5.56 Å². The van der Waals surface area contributed by atoms with Crippen LogP contribution in [0.4, 0.5) is 0 Å². The van der Waals surface area contributed by atoms with Crippen LogP contribution in [-0.4, -0.2) is 48.3 Å². The molecule has 1 N–H and O–H groups in total. The molecule has 0 saturated heterocycles. The molecule has 4 rings (SSSR count). The second-order valence-corrected chi connectivity index (χ2v) is 9.83. The summed E-state index contributed by atoms with van der Waals surface area (Å²) in [6.45, 7) is 8.96. The molecule has 1 atom stereocenters. The minimum absolute atomic E-state index is 0.242. The molecule has 0 amide bonds. The highest BCUT2D eigenvalue weighted by Gasteiger charge is 2.15. The van der Waals surface area contributed by atoms with Gasteiger partial charge in [-0.25, -0.2) is 4.79 Å². The number of hydrogen-bond acceptors (Lipinski definition) is 5. The monoisotopic (exact) mass is 549 g/mol. The van der Waals surface area contributed by atoms with E-state index in [0.29, 0.717) is 23.6 Å². The van der Waals surface area contributed by atoms with Gasteiger partial charge < -0.3 is 19.5 Å². The summed E-state index contributed by atoms with van der Waals surface area (Å²) in [4.78, 5) is 14.7. The molecule has 0 aromatic heterocycles. The van der Waals surface area contributed by atoms with Crippen molar-refractivity contribution in [1.29, 1.82) is 0 Å². The first-order chi connectivity index (χ1) is 20.0. The third kappa shape index (κ3) is 8.16. The number of likely N-dealkylation sites (N-methyl/N-ethyl adjacent to an activating group) is 1. The number of carbonyl (C=O) groups excluding carboxylic acids is 1. The number of benzene rings is 4. The zero-order chi connectivity index (χ0) is 29.0. The number of nitrogens with zero attached hydrogens (tertiary/aromatic N) is 1. The lowest BCUT2D eigenvalue weighted by Crippen LogP contribution is -2.35. The maximum absolute atomic E-state index is 12.5. The van der Waals surface area contributed by atoms with Crippen LogP contribution in [0, 0.1) is 0 Å². The van der Waals surface area contributed by atoms with Crippen LogP contribution < -0.4 is 9.47 Å². The molecule has 4 aromatic rings. The number of aliphatic hydroxyl groups is 1. The molecule has 41 heavy (non-hydrogen) atoms. The standard InChI is InChI=1S/C36H39NO4/c1-4-34(27-13-9-7-10-14-27)35(28-17-21-32(22-18-28)40-26-31(38)25-37(5-2)6-3)29-19-23-33(24-20-29)41-36(39)30-15-11-8-12-16-30/h7-24,31,38H,4-6,25-26H2,1-3H3. The van der Waals surface area contributed by atoms with Crippen molar-refractivity contribution in [3.63, 3.8) is 0 Å². The van der Waals surface area contributed by atoms with E-state index in [2.05, 4.69) is 62.1 Å². The van der Waals surface area contributed by atoms with Crippen LogP contribution in [0.15, 0.2) is 109 Å². The number of ether oxygens (including phenoxy) is 2. The maximum Gasteiger partial charge on any atom is 0.343 e. The Morgan fingerprint density at radius 1 is 0.683 bits per heavy atom. The summed E-state index contributed by atoms with van der Waals surface area (Å²) in [5, 5.41) is 10.4. The first kappa shape index (κ1) is 29.8. The normalized spacial score (nSPS) is 12.5. The van der Waals surface area contributed by atoms with Gasteiger partial charge in [0.15, 0.2) is 0 Å². The average Bonchev–Trinajstić information content (AvgIpc) is 3.03. The topological polar surface area (TPSA) is 59.0 Å². The molecule has 0 spiro atoms. The molecule has 0 heterocycles. The van der Waals surface area contributed by atoms with E-state index in [9.17, 15) is 9.90 Å². The highest BCUT2D eigenvalue weighted by molar-refractivity contribution is 5.98. The van der Waals surface area contributed by atoms with Crippen LogP contribution in [-0.2, 0) is 0 Å². The molecule has 5 nitrogen and oxygen atoms in total. The van der Waals surface area contributed by atoms with Crippen molar-refractivity contribution in [2.24, 2.45) is 0 Å². The minimum atomic E-state index is -0.552. The maximum atomic E-state index is 12.5. The number of esters is 1. The van der Waals surface area contributed by atoms with E-state index in [1.807, 2.05) is 60.7 Å². The van der Waals surface area contributed by atoms with E-state index in [0.717, 1.165) is 41.8 Å². The fraction of sp³-hybridized carbons (Fsp3) is 0.250. The van der Waals surface area contributed by atoms with E-state index in [4.69, 9.17) is 9.47 Å². The highest BCUT2D eigenvalue weighted by atomic mass is 16.5. The number of hydrogen-bond donors (Lipinski definition) is 1. The van der Waals surface area contributed by atoms with Gasteiger partial charge in [-0.1, -0.05) is 93.6 Å². The smallest absolute Gasteiger partial charge is 0.343 e. The Labute approximate surface area is 243 Å². The van der Waals surface area contributed by atoms with Crippen molar-refractivity contribution in [3.8, 4) is 11.5 Å². The lowest BCUT2D eigenvalue weighted by atomic mass is 9.88. The molecule has 5 heteroatoms. The van der Waals surface area contributed by atoms with Crippen molar-refractivity contribution < 1.29 is 19.4 Å². The molecular weight excluding hydrogens is 510 g/mol. The first-order valence-electron chi connectivity index (χ1n) is 14.3. The van der Waals surface area contributed by atoms with Gasteiger partial charge in [0.2, 0.25) is 0 Å². The van der Waals surface area contributed by atoms with Crippen molar-refractivity contribution in [1.82, 2.24) is 4.90 Å². The molecule has 0 fully saturated rings. The first-order valence-corrected chi connectivity index (χ1v) is 14.3. The number of aliphatic hydroxyl groups excluding tert-OH is 1. The summed E-state index contributed by atoms with van der Waals surface area (Å²) in [6.07, 6.45) is 0.282. The second-order valence-electron chi connectivity index (χ2n) is 9.83. The fourth-order valence-corrected chi connectivity index (χ4v) is 4.85. The Kier molecular flexibility index (Phi) is 10.9. The van der Waals surface area contributed by atoms with Crippen LogP contribution in [0.5, 0.6) is 11.5 Å². The summed E-state index contributed by atoms with van der Waals surface area (Å²) in [6, 6.07) is 35.0. The van der Waals surface area contributed by atoms with Crippen LogP contribution in [0.2, 0.25) is 0 Å². The average molecular weight is 550 g/mol. The summed E-state index contributed by atoms with van der Waals surface area (Å²) >= 11 is 0. The molecule has 0 aliphatic carbocycles. The largest absolute Gasteiger partial charge is 0.491 e. The van der Waals surface area contributed by atoms with Gasteiger partial charge in [-0.2, -0.15) is 0 Å². The molecule has 4 aromatic carbocycles. The van der Waals surface area contributed by atoms with Gasteiger partial charge in [0.1, 0.15) is 24.2 Å². The van der Waals surface area contributed by atoms with Crippen molar-refractivity contribution >= 4 is 17.1 Å². The Morgan fingerprint density at radius 2 is 1.20 bits per heavy atom. The third-order valence-electron chi connectivity index (χ3n) is 7.09. The van der Waals surface area contributed by atoms with Crippen molar-refractivity contribution in [3.05, 3.63) is 131 Å². The van der Waals surface area contributed by atoms with Gasteiger partial charge in [-0.05, 0) is 83.7 Å². The summed E-state index contributed by atoms with van der Waals surface area (Å²) in [5.41, 5.74) is 6.06. The zero-order valence-electron chi connectivity index (χ0n) is 24.1. The van der Waals surface area contributed by atoms with Crippen molar-refractivity contribution in [2.45, 2.75) is 33.3 Å². The third-order valence-corrected chi connectivity index (χ3v) is 7.09. The number of rotatable bonds is 13. The van der Waals surface area contributed by atoms with Crippen LogP contribution in [0.3, 0.4) is 0 Å². The van der Waals surface area contributed by atoms with E-state index in [-0.39, 0.29) is 12.6 Å². The number of allylic oxidation sites excluding steroid dienone is 1. The highest BCUT2D eigenvalue weighted by Crippen LogP contribution is 2.35. The predicted octanol–water partition coefficient (Wildman–Crippen LogP) is 7.36. The quantitative estimate of drug-likeness (QED) is 0.107. The lowest BCUT2D eigenvalue weighted by Gasteiger charge is -2.22. The molecule has 0 aliphatic heterocycles. The van der Waals surface area contributed by atoms with Gasteiger partial charge in [0.25, 0.3) is 0 Å². The fourth-order valence-electron chi connectivity index (χ4n) is 4.85. The van der Waals surface area contributed by atoms with Crippen LogP contribution in [0.1, 0.15) is 54.2 Å². The zero-order valence-corrected chi connectivity index (χ0v) is 24.1. The summed E-state index contributed by atoms with van der Waals surface area (Å²) in [5.74, 6) is 0.824. The summed E-state index contributed by atoms with van der Waals surface area (Å²) < 4.78 is 11.5. The Balaban J connectivity index is 1.59.